The summed E-state index contributed by atoms with van der Waals surface area (Å²) in [6.45, 7) is 3.75. The molecule has 0 fully saturated rings. The third kappa shape index (κ3) is 1.45. The molecular formula is C11H14N2O. The minimum atomic E-state index is 0.0351. The molecule has 0 spiro atoms. The molecule has 0 saturated carbocycles. The van der Waals surface area contributed by atoms with E-state index < -0.39 is 0 Å². The van der Waals surface area contributed by atoms with E-state index in [0.29, 0.717) is 6.67 Å². The lowest BCUT2D eigenvalue weighted by molar-refractivity contribution is 0.0947. The highest BCUT2D eigenvalue weighted by Gasteiger charge is 2.20. The second-order valence-electron chi connectivity index (χ2n) is 3.44. The number of hydrogen-bond acceptors (Lipinski definition) is 2. The Morgan fingerprint density at radius 3 is 3.00 bits per heavy atom. The highest BCUT2D eigenvalue weighted by molar-refractivity contribution is 6.01. The van der Waals surface area contributed by atoms with Crippen molar-refractivity contribution in [1.82, 2.24) is 5.32 Å². The standard InChI is InChI=1S/C11H14N2O/c1-2-7-13-8-12-11(14)9-5-3-4-6-10(9)13/h3-6H,2,7-8H2,1H3,(H,12,14). The first-order chi connectivity index (χ1) is 6.83. The maximum absolute atomic E-state index is 11.5. The Labute approximate surface area is 83.7 Å². The summed E-state index contributed by atoms with van der Waals surface area (Å²) in [7, 11) is 0. The van der Waals surface area contributed by atoms with Crippen LogP contribution < -0.4 is 10.2 Å². The molecule has 0 radical (unpaired) electrons. The first kappa shape index (κ1) is 9.06. The number of para-hydroxylation sites is 1. The van der Waals surface area contributed by atoms with Gasteiger partial charge in [-0.2, -0.15) is 0 Å². The molecule has 0 aliphatic carbocycles. The van der Waals surface area contributed by atoms with E-state index in [0.717, 1.165) is 24.2 Å². The lowest BCUT2D eigenvalue weighted by Crippen LogP contribution is -2.43. The average Bonchev–Trinajstić information content (AvgIpc) is 2.23. The van der Waals surface area contributed by atoms with Crippen molar-refractivity contribution in [2.45, 2.75) is 13.3 Å². The Morgan fingerprint density at radius 1 is 1.43 bits per heavy atom. The normalized spacial score (nSPS) is 14.9. The van der Waals surface area contributed by atoms with Crippen LogP contribution in [0.4, 0.5) is 5.69 Å². The van der Waals surface area contributed by atoms with Crippen molar-refractivity contribution in [2.24, 2.45) is 0 Å². The molecule has 3 heteroatoms. The van der Waals surface area contributed by atoms with Gasteiger partial charge in [0, 0.05) is 6.54 Å². The number of amides is 1. The molecule has 1 aliphatic rings. The number of fused-ring (bicyclic) bond motifs is 1. The lowest BCUT2D eigenvalue weighted by atomic mass is 10.1. The first-order valence-corrected chi connectivity index (χ1v) is 4.95. The third-order valence-electron chi connectivity index (χ3n) is 2.41. The molecule has 0 aromatic heterocycles. The molecule has 0 saturated heterocycles. The van der Waals surface area contributed by atoms with Gasteiger partial charge < -0.3 is 10.2 Å². The first-order valence-electron chi connectivity index (χ1n) is 4.95. The van der Waals surface area contributed by atoms with Crippen molar-refractivity contribution in [3.05, 3.63) is 29.8 Å². The van der Waals surface area contributed by atoms with Gasteiger partial charge in [-0.1, -0.05) is 19.1 Å². The summed E-state index contributed by atoms with van der Waals surface area (Å²) in [5.41, 5.74) is 1.84. The van der Waals surface area contributed by atoms with Gasteiger partial charge in [-0.25, -0.2) is 0 Å². The Morgan fingerprint density at radius 2 is 2.21 bits per heavy atom. The minimum Gasteiger partial charge on any atom is -0.353 e. The van der Waals surface area contributed by atoms with Crippen molar-refractivity contribution in [1.29, 1.82) is 0 Å². The third-order valence-corrected chi connectivity index (χ3v) is 2.41. The van der Waals surface area contributed by atoms with Crippen molar-refractivity contribution >= 4 is 11.6 Å². The minimum absolute atomic E-state index is 0.0351. The summed E-state index contributed by atoms with van der Waals surface area (Å²) in [4.78, 5) is 13.7. The molecule has 1 aliphatic heterocycles. The number of nitrogens with one attached hydrogen (secondary N) is 1. The largest absolute Gasteiger partial charge is 0.353 e. The fourth-order valence-electron chi connectivity index (χ4n) is 1.76. The predicted molar refractivity (Wildman–Crippen MR) is 56.4 cm³/mol. The van der Waals surface area contributed by atoms with Crippen LogP contribution in [0.5, 0.6) is 0 Å². The predicted octanol–water partition coefficient (Wildman–Crippen LogP) is 1.60. The van der Waals surface area contributed by atoms with Crippen molar-refractivity contribution in [2.75, 3.05) is 18.1 Å². The quantitative estimate of drug-likeness (QED) is 0.768. The van der Waals surface area contributed by atoms with Gasteiger partial charge in [0.15, 0.2) is 0 Å². The molecule has 0 atom stereocenters. The lowest BCUT2D eigenvalue weighted by Gasteiger charge is -2.30. The summed E-state index contributed by atoms with van der Waals surface area (Å²) >= 11 is 0. The monoisotopic (exact) mass is 190 g/mol. The second-order valence-corrected chi connectivity index (χ2v) is 3.44. The van der Waals surface area contributed by atoms with Crippen LogP contribution in [0.25, 0.3) is 0 Å². The second kappa shape index (κ2) is 3.70. The highest BCUT2D eigenvalue weighted by Crippen LogP contribution is 2.22. The molecule has 1 N–H and O–H groups in total. The van der Waals surface area contributed by atoms with E-state index in [-0.39, 0.29) is 5.91 Å². The number of anilines is 1. The van der Waals surface area contributed by atoms with E-state index in [2.05, 4.69) is 17.1 Å². The molecule has 3 nitrogen and oxygen atoms in total. The summed E-state index contributed by atoms with van der Waals surface area (Å²) in [5, 5.41) is 2.86. The van der Waals surface area contributed by atoms with Crippen molar-refractivity contribution in [3.8, 4) is 0 Å². The van der Waals surface area contributed by atoms with Crippen LogP contribution in [0.3, 0.4) is 0 Å². The molecule has 14 heavy (non-hydrogen) atoms. The summed E-state index contributed by atoms with van der Waals surface area (Å²) in [6, 6.07) is 7.74. The average molecular weight is 190 g/mol. The fraction of sp³-hybridized carbons (Fsp3) is 0.364. The zero-order valence-corrected chi connectivity index (χ0v) is 8.29. The molecule has 1 aromatic rings. The highest BCUT2D eigenvalue weighted by atomic mass is 16.2. The number of hydrogen-bond donors (Lipinski definition) is 1. The van der Waals surface area contributed by atoms with E-state index >= 15 is 0 Å². The van der Waals surface area contributed by atoms with Gasteiger partial charge in [0.1, 0.15) is 0 Å². The summed E-state index contributed by atoms with van der Waals surface area (Å²) < 4.78 is 0. The van der Waals surface area contributed by atoms with E-state index in [9.17, 15) is 4.79 Å². The molecule has 0 unspecified atom stereocenters. The van der Waals surface area contributed by atoms with E-state index in [1.807, 2.05) is 24.3 Å². The number of rotatable bonds is 2. The summed E-state index contributed by atoms with van der Waals surface area (Å²) in [5.74, 6) is 0.0351. The topological polar surface area (TPSA) is 32.3 Å². The van der Waals surface area contributed by atoms with Crippen LogP contribution >= 0.6 is 0 Å². The smallest absolute Gasteiger partial charge is 0.254 e. The Balaban J connectivity index is 2.36. The van der Waals surface area contributed by atoms with Crippen molar-refractivity contribution < 1.29 is 4.79 Å². The molecule has 2 rings (SSSR count). The molecule has 1 aromatic carbocycles. The zero-order valence-electron chi connectivity index (χ0n) is 8.29. The Kier molecular flexibility index (Phi) is 2.39. The molecule has 74 valence electrons. The zero-order chi connectivity index (χ0) is 9.97. The van der Waals surface area contributed by atoms with E-state index in [1.54, 1.807) is 0 Å². The van der Waals surface area contributed by atoms with Crippen LogP contribution in [0.1, 0.15) is 23.7 Å². The number of carbonyl (C=O) groups excluding carboxylic acids is 1. The molecular weight excluding hydrogens is 176 g/mol. The van der Waals surface area contributed by atoms with Gasteiger partial charge >= 0.3 is 0 Å². The van der Waals surface area contributed by atoms with Gasteiger partial charge in [0.05, 0.1) is 17.9 Å². The SMILES string of the molecule is CCCN1CNC(=O)c2ccccc21. The number of carbonyl (C=O) groups is 1. The van der Waals surface area contributed by atoms with Gasteiger partial charge in [-0.05, 0) is 18.6 Å². The van der Waals surface area contributed by atoms with Crippen LogP contribution in [-0.2, 0) is 0 Å². The fourth-order valence-corrected chi connectivity index (χ4v) is 1.76. The molecule has 1 heterocycles. The van der Waals surface area contributed by atoms with Crippen LogP contribution in [0.15, 0.2) is 24.3 Å². The van der Waals surface area contributed by atoms with Crippen LogP contribution in [-0.4, -0.2) is 19.1 Å². The van der Waals surface area contributed by atoms with Crippen LogP contribution in [0.2, 0.25) is 0 Å². The van der Waals surface area contributed by atoms with Gasteiger partial charge in [0.25, 0.3) is 5.91 Å². The maximum atomic E-state index is 11.5. The number of benzene rings is 1. The van der Waals surface area contributed by atoms with Gasteiger partial charge in [0.2, 0.25) is 0 Å². The van der Waals surface area contributed by atoms with E-state index in [4.69, 9.17) is 0 Å². The molecule has 1 amide bonds. The van der Waals surface area contributed by atoms with Crippen LogP contribution in [0, 0.1) is 0 Å². The number of nitrogens with zero attached hydrogens (tertiary/aromatic N) is 1. The Hall–Kier alpha value is -1.51. The Bertz CT molecular complexity index is 349. The summed E-state index contributed by atoms with van der Waals surface area (Å²) in [6.07, 6.45) is 1.09. The van der Waals surface area contributed by atoms with Gasteiger partial charge in [-0.3, -0.25) is 4.79 Å². The molecule has 0 bridgehead atoms. The van der Waals surface area contributed by atoms with Crippen molar-refractivity contribution in [3.63, 3.8) is 0 Å². The van der Waals surface area contributed by atoms with Gasteiger partial charge in [-0.15, -0.1) is 0 Å². The maximum Gasteiger partial charge on any atom is 0.254 e. The van der Waals surface area contributed by atoms with E-state index in [1.165, 1.54) is 0 Å².